The van der Waals surface area contributed by atoms with Gasteiger partial charge in [0.15, 0.2) is 0 Å². The Balaban J connectivity index is 2.01. The summed E-state index contributed by atoms with van der Waals surface area (Å²) in [4.78, 5) is 11.5. The van der Waals surface area contributed by atoms with E-state index in [1.54, 1.807) is 19.1 Å². The number of nitrogens with zero attached hydrogens (tertiary/aromatic N) is 2. The average molecular weight is 347 g/mol. The predicted molar refractivity (Wildman–Crippen MR) is 92.2 cm³/mol. The molecule has 0 aliphatic carbocycles. The highest BCUT2D eigenvalue weighted by Gasteiger charge is 2.34. The first-order chi connectivity index (χ1) is 11.3. The molecule has 1 aromatic carbocycles. The van der Waals surface area contributed by atoms with Crippen LogP contribution in [-0.4, -0.2) is 29.7 Å². The zero-order chi connectivity index (χ0) is 17.5. The molecule has 3 rings (SSSR count). The lowest BCUT2D eigenvalue weighted by molar-refractivity contribution is -0.114. The number of carbonyl (C=O) groups is 1. The highest BCUT2D eigenvalue weighted by atomic mass is 32.2. The minimum Gasteiger partial charge on any atom is -0.349 e. The van der Waals surface area contributed by atoms with E-state index in [4.69, 9.17) is 0 Å². The molecule has 6 nitrogen and oxygen atoms in total. The molecule has 128 valence electrons. The van der Waals surface area contributed by atoms with E-state index < -0.39 is 10.0 Å². The van der Waals surface area contributed by atoms with Crippen molar-refractivity contribution < 1.29 is 13.2 Å². The van der Waals surface area contributed by atoms with Crippen LogP contribution in [0, 0.1) is 6.92 Å². The van der Waals surface area contributed by atoms with E-state index in [2.05, 4.69) is 9.88 Å². The van der Waals surface area contributed by atoms with Crippen LogP contribution in [0.2, 0.25) is 0 Å². The van der Waals surface area contributed by atoms with Crippen molar-refractivity contribution >= 4 is 21.6 Å². The maximum atomic E-state index is 13.2. The second kappa shape index (κ2) is 6.07. The van der Waals surface area contributed by atoms with Gasteiger partial charge in [0.05, 0.1) is 10.9 Å². The SMILES string of the molecule is CC(=O)Nc1ccc(C)c(S(=O)(=O)N2CCn3cccc3[C@H]2C)c1. The van der Waals surface area contributed by atoms with E-state index in [0.29, 0.717) is 24.3 Å². The highest BCUT2D eigenvalue weighted by Crippen LogP contribution is 2.33. The third kappa shape index (κ3) is 2.85. The van der Waals surface area contributed by atoms with Gasteiger partial charge in [0, 0.05) is 37.6 Å². The molecule has 1 N–H and O–H groups in total. The van der Waals surface area contributed by atoms with Crippen molar-refractivity contribution in [3.05, 3.63) is 47.8 Å². The van der Waals surface area contributed by atoms with Crippen molar-refractivity contribution in [3.8, 4) is 0 Å². The van der Waals surface area contributed by atoms with Crippen LogP contribution >= 0.6 is 0 Å². The lowest BCUT2D eigenvalue weighted by atomic mass is 10.2. The smallest absolute Gasteiger partial charge is 0.244 e. The Morgan fingerprint density at radius 2 is 2.00 bits per heavy atom. The quantitative estimate of drug-likeness (QED) is 0.927. The van der Waals surface area contributed by atoms with E-state index in [1.165, 1.54) is 17.3 Å². The standard InChI is InChI=1S/C17H21N3O3S/c1-12-6-7-15(18-14(3)21)11-17(12)24(22,23)20-10-9-19-8-4-5-16(19)13(20)2/h4-8,11,13H,9-10H2,1-3H3,(H,18,21)/t13-/m1/s1. The molecule has 0 fully saturated rings. The normalized spacial score (nSPS) is 18.2. The number of aromatic nitrogens is 1. The molecule has 2 aromatic rings. The second-order valence-electron chi connectivity index (χ2n) is 6.08. The molecule has 1 amide bonds. The summed E-state index contributed by atoms with van der Waals surface area (Å²) in [5.74, 6) is -0.230. The molecule has 2 heterocycles. The van der Waals surface area contributed by atoms with Gasteiger partial charge in [0.25, 0.3) is 0 Å². The van der Waals surface area contributed by atoms with Gasteiger partial charge < -0.3 is 9.88 Å². The molecule has 24 heavy (non-hydrogen) atoms. The van der Waals surface area contributed by atoms with Crippen molar-refractivity contribution in [2.45, 2.75) is 38.3 Å². The summed E-state index contributed by atoms with van der Waals surface area (Å²) in [5.41, 5.74) is 2.14. The minimum absolute atomic E-state index is 0.230. The molecule has 1 atom stereocenters. The van der Waals surface area contributed by atoms with Crippen LogP contribution in [0.5, 0.6) is 0 Å². The first-order valence-corrected chi connectivity index (χ1v) is 9.30. The molecule has 7 heteroatoms. The van der Waals surface area contributed by atoms with Gasteiger partial charge in [0.1, 0.15) is 0 Å². The van der Waals surface area contributed by atoms with Crippen molar-refractivity contribution in [2.24, 2.45) is 0 Å². The molecule has 0 spiro atoms. The fourth-order valence-electron chi connectivity index (χ4n) is 3.17. The van der Waals surface area contributed by atoms with Crippen LogP contribution < -0.4 is 5.32 Å². The van der Waals surface area contributed by atoms with E-state index in [0.717, 1.165) is 5.69 Å². The number of nitrogens with one attached hydrogen (secondary N) is 1. The summed E-state index contributed by atoms with van der Waals surface area (Å²) < 4.78 is 30.0. The van der Waals surface area contributed by atoms with E-state index >= 15 is 0 Å². The molecule has 0 radical (unpaired) electrons. The van der Waals surface area contributed by atoms with Crippen LogP contribution in [0.3, 0.4) is 0 Å². The molecule has 0 saturated heterocycles. The van der Waals surface area contributed by atoms with Crippen molar-refractivity contribution in [1.82, 2.24) is 8.87 Å². The summed E-state index contributed by atoms with van der Waals surface area (Å²) in [5, 5.41) is 2.64. The number of carbonyl (C=O) groups excluding carboxylic acids is 1. The monoisotopic (exact) mass is 347 g/mol. The van der Waals surface area contributed by atoms with Crippen LogP contribution in [0.25, 0.3) is 0 Å². The number of amides is 1. The minimum atomic E-state index is -3.65. The van der Waals surface area contributed by atoms with Gasteiger partial charge >= 0.3 is 0 Å². The Hall–Kier alpha value is -2.12. The summed E-state index contributed by atoms with van der Waals surface area (Å²) in [7, 11) is -3.65. The van der Waals surface area contributed by atoms with Gasteiger partial charge in [-0.2, -0.15) is 4.31 Å². The van der Waals surface area contributed by atoms with Gasteiger partial charge in [-0.25, -0.2) is 8.42 Å². The van der Waals surface area contributed by atoms with E-state index in [9.17, 15) is 13.2 Å². The average Bonchev–Trinajstić information content (AvgIpc) is 2.98. The topological polar surface area (TPSA) is 71.4 Å². The molecule has 0 unspecified atom stereocenters. The summed E-state index contributed by atoms with van der Waals surface area (Å²) in [6.07, 6.45) is 1.97. The van der Waals surface area contributed by atoms with Gasteiger partial charge in [-0.15, -0.1) is 0 Å². The van der Waals surface area contributed by atoms with Crippen LogP contribution in [0.1, 0.15) is 31.1 Å². The number of hydrogen-bond acceptors (Lipinski definition) is 3. The first kappa shape index (κ1) is 16.7. The summed E-state index contributed by atoms with van der Waals surface area (Å²) in [6.45, 7) is 6.12. The van der Waals surface area contributed by atoms with Crippen molar-refractivity contribution in [3.63, 3.8) is 0 Å². The number of benzene rings is 1. The number of sulfonamides is 1. The van der Waals surface area contributed by atoms with Gasteiger partial charge in [0.2, 0.25) is 15.9 Å². The third-order valence-corrected chi connectivity index (χ3v) is 6.49. The Bertz CT molecular complexity index is 886. The number of rotatable bonds is 3. The lowest BCUT2D eigenvalue weighted by Gasteiger charge is -2.34. The maximum Gasteiger partial charge on any atom is 0.244 e. The molecule has 1 aliphatic heterocycles. The summed E-state index contributed by atoms with van der Waals surface area (Å²) in [6, 6.07) is 8.61. The zero-order valence-corrected chi connectivity index (χ0v) is 14.8. The van der Waals surface area contributed by atoms with Gasteiger partial charge in [-0.05, 0) is 43.7 Å². The zero-order valence-electron chi connectivity index (χ0n) is 14.0. The molecular formula is C17H21N3O3S. The van der Waals surface area contributed by atoms with Crippen LogP contribution in [0.4, 0.5) is 5.69 Å². The van der Waals surface area contributed by atoms with E-state index in [1.807, 2.05) is 25.3 Å². The Labute approximate surface area is 142 Å². The first-order valence-electron chi connectivity index (χ1n) is 7.86. The number of aryl methyl sites for hydroxylation is 1. The number of fused-ring (bicyclic) bond motifs is 1. The van der Waals surface area contributed by atoms with Gasteiger partial charge in [-0.1, -0.05) is 6.07 Å². The fraction of sp³-hybridized carbons (Fsp3) is 0.353. The van der Waals surface area contributed by atoms with Crippen LogP contribution in [0.15, 0.2) is 41.4 Å². The van der Waals surface area contributed by atoms with Crippen molar-refractivity contribution in [1.29, 1.82) is 0 Å². The summed E-state index contributed by atoms with van der Waals surface area (Å²) >= 11 is 0. The Kier molecular flexibility index (Phi) is 4.23. The van der Waals surface area contributed by atoms with Crippen molar-refractivity contribution in [2.75, 3.05) is 11.9 Å². The molecule has 1 aromatic heterocycles. The highest BCUT2D eigenvalue weighted by molar-refractivity contribution is 7.89. The molecule has 1 aliphatic rings. The largest absolute Gasteiger partial charge is 0.349 e. The fourth-order valence-corrected chi connectivity index (χ4v) is 5.02. The van der Waals surface area contributed by atoms with Gasteiger partial charge in [-0.3, -0.25) is 4.79 Å². The molecular weight excluding hydrogens is 326 g/mol. The van der Waals surface area contributed by atoms with Crippen LogP contribution in [-0.2, 0) is 21.4 Å². The Morgan fingerprint density at radius 1 is 1.25 bits per heavy atom. The number of anilines is 1. The predicted octanol–water partition coefficient (Wildman–Crippen LogP) is 2.52. The second-order valence-corrected chi connectivity index (χ2v) is 7.94. The lowest BCUT2D eigenvalue weighted by Crippen LogP contribution is -2.40. The molecule has 0 saturated carbocycles. The molecule has 0 bridgehead atoms. The number of hydrogen-bond donors (Lipinski definition) is 1. The third-order valence-electron chi connectivity index (χ3n) is 4.38. The Morgan fingerprint density at radius 3 is 2.71 bits per heavy atom. The maximum absolute atomic E-state index is 13.2. The van der Waals surface area contributed by atoms with E-state index in [-0.39, 0.29) is 16.8 Å².